The molecule has 3 nitrogen and oxygen atoms in total. The maximum atomic E-state index is 5.52. The highest BCUT2D eigenvalue weighted by Crippen LogP contribution is 2.28. The number of nitrogens with zero attached hydrogens (tertiary/aromatic N) is 1. The zero-order valence-electron chi connectivity index (χ0n) is 6.12. The van der Waals surface area contributed by atoms with Crippen LogP contribution in [0.5, 0.6) is 0 Å². The van der Waals surface area contributed by atoms with E-state index in [4.69, 9.17) is 10.5 Å². The third-order valence-corrected chi connectivity index (χ3v) is 2.57. The molecule has 0 aromatic rings. The van der Waals surface area contributed by atoms with Crippen molar-refractivity contribution in [1.82, 2.24) is 4.90 Å². The van der Waals surface area contributed by atoms with Crippen molar-refractivity contribution >= 4 is 0 Å². The summed E-state index contributed by atoms with van der Waals surface area (Å²) in [7, 11) is 0. The number of nitrogens with two attached hydrogens (primary N) is 1. The Morgan fingerprint density at radius 3 is 2.40 bits per heavy atom. The average Bonchev–Trinajstić information content (AvgIpc) is 2.42. The van der Waals surface area contributed by atoms with Gasteiger partial charge in [0.25, 0.3) is 0 Å². The van der Waals surface area contributed by atoms with Crippen molar-refractivity contribution < 1.29 is 4.74 Å². The molecule has 2 aliphatic heterocycles. The third kappa shape index (κ3) is 0.944. The van der Waals surface area contributed by atoms with Crippen LogP contribution in [0.4, 0.5) is 0 Å². The van der Waals surface area contributed by atoms with Crippen LogP contribution in [0.15, 0.2) is 0 Å². The Bertz CT molecular complexity index is 117. The maximum absolute atomic E-state index is 5.52. The fraction of sp³-hybridized carbons (Fsp3) is 1.00. The van der Waals surface area contributed by atoms with E-state index >= 15 is 0 Å². The molecule has 2 rings (SSSR count). The minimum Gasteiger partial charge on any atom is -0.381 e. The van der Waals surface area contributed by atoms with Gasteiger partial charge in [-0.2, -0.15) is 0 Å². The molecule has 0 aromatic heterocycles. The zero-order valence-corrected chi connectivity index (χ0v) is 6.12. The van der Waals surface area contributed by atoms with E-state index in [1.807, 2.05) is 0 Å². The number of fused-ring (bicyclic) bond motifs is 1. The number of rotatable bonds is 1. The molecule has 0 saturated carbocycles. The smallest absolute Gasteiger partial charge is 0.0510 e. The van der Waals surface area contributed by atoms with Crippen molar-refractivity contribution in [2.75, 3.05) is 33.0 Å². The molecular weight excluding hydrogens is 128 g/mol. The summed E-state index contributed by atoms with van der Waals surface area (Å²) >= 11 is 0. The van der Waals surface area contributed by atoms with Crippen molar-refractivity contribution in [2.45, 2.75) is 0 Å². The Balaban J connectivity index is 1.94. The van der Waals surface area contributed by atoms with Crippen LogP contribution in [0.25, 0.3) is 0 Å². The van der Waals surface area contributed by atoms with Gasteiger partial charge in [0.15, 0.2) is 0 Å². The molecule has 0 amide bonds. The molecule has 58 valence electrons. The van der Waals surface area contributed by atoms with Crippen LogP contribution in [0.2, 0.25) is 0 Å². The van der Waals surface area contributed by atoms with E-state index in [0.717, 1.165) is 38.1 Å². The molecule has 0 aromatic carbocycles. The first-order valence-electron chi connectivity index (χ1n) is 3.90. The first kappa shape index (κ1) is 6.58. The molecule has 2 aliphatic rings. The standard InChI is InChI=1S/C7H14N2O/c8-5-9-1-6-3-10-4-7(6)2-9/h6-7H,1-5,8H2. The molecular formula is C7H14N2O. The van der Waals surface area contributed by atoms with Gasteiger partial charge in [0.05, 0.1) is 13.2 Å². The number of ether oxygens (including phenoxy) is 1. The molecule has 2 unspecified atom stereocenters. The molecule has 2 atom stereocenters. The summed E-state index contributed by atoms with van der Waals surface area (Å²) < 4.78 is 5.34. The van der Waals surface area contributed by atoms with Crippen LogP contribution in [0.3, 0.4) is 0 Å². The van der Waals surface area contributed by atoms with Crippen LogP contribution in [0.1, 0.15) is 0 Å². The highest BCUT2D eigenvalue weighted by Gasteiger charge is 2.36. The highest BCUT2D eigenvalue weighted by molar-refractivity contribution is 4.86. The highest BCUT2D eigenvalue weighted by atomic mass is 16.5. The minimum absolute atomic E-state index is 0.715. The van der Waals surface area contributed by atoms with Gasteiger partial charge in [-0.3, -0.25) is 4.90 Å². The summed E-state index contributed by atoms with van der Waals surface area (Å²) in [6.45, 7) is 4.94. The lowest BCUT2D eigenvalue weighted by molar-refractivity contribution is 0.155. The first-order chi connectivity index (χ1) is 4.90. The molecule has 2 heterocycles. The maximum Gasteiger partial charge on any atom is 0.0510 e. The molecule has 0 radical (unpaired) electrons. The van der Waals surface area contributed by atoms with E-state index in [1.54, 1.807) is 0 Å². The first-order valence-corrected chi connectivity index (χ1v) is 3.90. The molecule has 0 bridgehead atoms. The second kappa shape index (κ2) is 2.49. The lowest BCUT2D eigenvalue weighted by Gasteiger charge is -2.12. The van der Waals surface area contributed by atoms with Gasteiger partial charge in [-0.15, -0.1) is 0 Å². The van der Waals surface area contributed by atoms with Gasteiger partial charge in [0.2, 0.25) is 0 Å². The normalized spacial score (nSPS) is 40.5. The quantitative estimate of drug-likeness (QED) is 0.535. The Hall–Kier alpha value is -0.120. The SMILES string of the molecule is NCN1CC2COCC2C1. The summed E-state index contributed by atoms with van der Waals surface area (Å²) in [6, 6.07) is 0. The van der Waals surface area contributed by atoms with Crippen LogP contribution < -0.4 is 5.73 Å². The van der Waals surface area contributed by atoms with Crippen LogP contribution in [0, 0.1) is 11.8 Å². The number of hydrogen-bond acceptors (Lipinski definition) is 3. The summed E-state index contributed by atoms with van der Waals surface area (Å²) in [4.78, 5) is 2.30. The molecule has 10 heavy (non-hydrogen) atoms. The average molecular weight is 142 g/mol. The lowest BCUT2D eigenvalue weighted by Crippen LogP contribution is -2.29. The molecule has 2 N–H and O–H groups in total. The van der Waals surface area contributed by atoms with Gasteiger partial charge in [0, 0.05) is 31.6 Å². The van der Waals surface area contributed by atoms with Crippen molar-refractivity contribution in [2.24, 2.45) is 17.6 Å². The van der Waals surface area contributed by atoms with E-state index in [9.17, 15) is 0 Å². The Labute approximate surface area is 61.1 Å². The zero-order chi connectivity index (χ0) is 6.97. The Morgan fingerprint density at radius 1 is 1.30 bits per heavy atom. The topological polar surface area (TPSA) is 38.5 Å². The van der Waals surface area contributed by atoms with Gasteiger partial charge in [-0.1, -0.05) is 0 Å². The summed E-state index contributed by atoms with van der Waals surface area (Å²) in [6.07, 6.45) is 0. The number of hydrogen-bond donors (Lipinski definition) is 1. The van der Waals surface area contributed by atoms with Crippen molar-refractivity contribution in [3.8, 4) is 0 Å². The van der Waals surface area contributed by atoms with Gasteiger partial charge >= 0.3 is 0 Å². The van der Waals surface area contributed by atoms with Crippen LogP contribution in [-0.2, 0) is 4.74 Å². The Kier molecular flexibility index (Phi) is 1.64. The van der Waals surface area contributed by atoms with E-state index in [1.165, 1.54) is 0 Å². The van der Waals surface area contributed by atoms with Gasteiger partial charge in [-0.05, 0) is 0 Å². The summed E-state index contributed by atoms with van der Waals surface area (Å²) in [5.41, 5.74) is 5.52. The fourth-order valence-electron chi connectivity index (χ4n) is 1.93. The fourth-order valence-corrected chi connectivity index (χ4v) is 1.93. The van der Waals surface area contributed by atoms with E-state index < -0.39 is 0 Å². The molecule has 0 spiro atoms. The predicted molar refractivity (Wildman–Crippen MR) is 38.4 cm³/mol. The van der Waals surface area contributed by atoms with Crippen molar-refractivity contribution in [3.05, 3.63) is 0 Å². The molecule has 0 aliphatic carbocycles. The van der Waals surface area contributed by atoms with Crippen molar-refractivity contribution in [1.29, 1.82) is 0 Å². The number of likely N-dealkylation sites (tertiary alicyclic amines) is 1. The molecule has 2 fully saturated rings. The van der Waals surface area contributed by atoms with E-state index in [0.29, 0.717) is 6.67 Å². The monoisotopic (exact) mass is 142 g/mol. The predicted octanol–water partition coefficient (Wildman–Crippen LogP) is -0.519. The second-order valence-electron chi connectivity index (χ2n) is 3.28. The van der Waals surface area contributed by atoms with Gasteiger partial charge in [-0.25, -0.2) is 0 Å². The van der Waals surface area contributed by atoms with E-state index in [-0.39, 0.29) is 0 Å². The largest absolute Gasteiger partial charge is 0.381 e. The Morgan fingerprint density at radius 2 is 1.90 bits per heavy atom. The van der Waals surface area contributed by atoms with E-state index in [2.05, 4.69) is 4.90 Å². The summed E-state index contributed by atoms with van der Waals surface area (Å²) in [5, 5.41) is 0. The van der Waals surface area contributed by atoms with Gasteiger partial charge < -0.3 is 10.5 Å². The summed E-state index contributed by atoms with van der Waals surface area (Å²) in [5.74, 6) is 1.56. The lowest BCUT2D eigenvalue weighted by atomic mass is 10.0. The van der Waals surface area contributed by atoms with Crippen LogP contribution in [-0.4, -0.2) is 37.9 Å². The molecule has 2 saturated heterocycles. The van der Waals surface area contributed by atoms with Crippen molar-refractivity contribution in [3.63, 3.8) is 0 Å². The second-order valence-corrected chi connectivity index (χ2v) is 3.28. The van der Waals surface area contributed by atoms with Crippen LogP contribution >= 0.6 is 0 Å². The third-order valence-electron chi connectivity index (χ3n) is 2.57. The minimum atomic E-state index is 0.715. The molecule has 3 heteroatoms. The van der Waals surface area contributed by atoms with Gasteiger partial charge in [0.1, 0.15) is 0 Å².